The van der Waals surface area contributed by atoms with Crippen LogP contribution in [0.1, 0.15) is 112 Å². The zero-order valence-electron chi connectivity index (χ0n) is 21.0. The highest BCUT2D eigenvalue weighted by Gasteiger charge is 2.27. The van der Waals surface area contributed by atoms with E-state index in [9.17, 15) is 10.2 Å². The second-order valence-electron chi connectivity index (χ2n) is 7.39. The summed E-state index contributed by atoms with van der Waals surface area (Å²) in [4.78, 5) is 0. The van der Waals surface area contributed by atoms with E-state index in [-0.39, 0.29) is 0 Å². The summed E-state index contributed by atoms with van der Waals surface area (Å²) in [5.74, 6) is 1.28. The molecule has 0 radical (unpaired) electrons. The third-order valence-corrected chi connectivity index (χ3v) is 4.44. The van der Waals surface area contributed by atoms with Crippen molar-refractivity contribution in [3.05, 3.63) is 41.0 Å². The third kappa shape index (κ3) is 13.8. The predicted molar refractivity (Wildman–Crippen MR) is 128 cm³/mol. The van der Waals surface area contributed by atoms with E-state index in [1.54, 1.807) is 6.07 Å². The Morgan fingerprint density at radius 3 is 1.79 bits per heavy atom. The van der Waals surface area contributed by atoms with Crippen LogP contribution in [0.15, 0.2) is 29.8 Å². The lowest BCUT2D eigenvalue weighted by molar-refractivity contribution is 0.0126. The fourth-order valence-electron chi connectivity index (χ4n) is 2.75. The second kappa shape index (κ2) is 17.8. The summed E-state index contributed by atoms with van der Waals surface area (Å²) in [6, 6.07) is 5.81. The summed E-state index contributed by atoms with van der Waals surface area (Å²) in [5.41, 5.74) is 3.12. The molecule has 1 aromatic carbocycles. The zero-order chi connectivity index (χ0) is 22.9. The first kappa shape index (κ1) is 31.4. The van der Waals surface area contributed by atoms with Gasteiger partial charge in [0.15, 0.2) is 0 Å². The van der Waals surface area contributed by atoms with Crippen molar-refractivity contribution in [1.29, 1.82) is 0 Å². The van der Waals surface area contributed by atoms with Gasteiger partial charge in [0.1, 0.15) is 5.75 Å². The number of phenolic OH excluding ortho intramolecular Hbond substituents is 1. The van der Waals surface area contributed by atoms with Crippen molar-refractivity contribution in [2.75, 3.05) is 0 Å². The maximum absolute atomic E-state index is 9.70. The van der Waals surface area contributed by atoms with Gasteiger partial charge in [0.05, 0.1) is 5.60 Å². The molecule has 166 valence electrons. The summed E-state index contributed by atoms with van der Waals surface area (Å²) in [5, 5.41) is 19.2. The van der Waals surface area contributed by atoms with Crippen LogP contribution in [0.4, 0.5) is 0 Å². The van der Waals surface area contributed by atoms with Crippen LogP contribution in [0, 0.1) is 12.8 Å². The minimum Gasteiger partial charge on any atom is -0.508 e. The van der Waals surface area contributed by atoms with E-state index in [0.29, 0.717) is 17.6 Å². The molecule has 0 heterocycles. The van der Waals surface area contributed by atoms with Gasteiger partial charge in [0.2, 0.25) is 0 Å². The van der Waals surface area contributed by atoms with Gasteiger partial charge in [-0.3, -0.25) is 0 Å². The Labute approximate surface area is 177 Å². The van der Waals surface area contributed by atoms with E-state index in [1.807, 2.05) is 74.4 Å². The largest absolute Gasteiger partial charge is 0.508 e. The molecule has 0 amide bonds. The average molecular weight is 395 g/mol. The van der Waals surface area contributed by atoms with Crippen molar-refractivity contribution in [3.63, 3.8) is 0 Å². The number of benzene rings is 1. The highest BCUT2D eigenvalue weighted by atomic mass is 16.3. The Morgan fingerprint density at radius 1 is 0.964 bits per heavy atom. The van der Waals surface area contributed by atoms with Gasteiger partial charge in [-0.2, -0.15) is 0 Å². The molecule has 2 heteroatoms. The molecule has 0 saturated carbocycles. The van der Waals surface area contributed by atoms with Gasteiger partial charge >= 0.3 is 0 Å². The standard InChI is InChI=1S/C10H18O.C10H14O.3C2H6/c1-8-4-6-9(7-5-8)10(2,3)11;1-7(2)9-5-4-8(3)6-10(9)11;3*1-2/h4,9,11H,5-7H2,1-3H3;4-7,11H,1-3H3;3*1-2H3. The van der Waals surface area contributed by atoms with Gasteiger partial charge in [-0.05, 0) is 76.0 Å². The molecule has 1 unspecified atom stereocenters. The highest BCUT2D eigenvalue weighted by Crippen LogP contribution is 2.31. The van der Waals surface area contributed by atoms with Gasteiger partial charge in [0, 0.05) is 0 Å². The number of aryl methyl sites for hydroxylation is 1. The lowest BCUT2D eigenvalue weighted by Gasteiger charge is -2.31. The average Bonchev–Trinajstić information content (AvgIpc) is 2.66. The van der Waals surface area contributed by atoms with Crippen molar-refractivity contribution in [2.45, 2.75) is 114 Å². The van der Waals surface area contributed by atoms with E-state index >= 15 is 0 Å². The lowest BCUT2D eigenvalue weighted by Crippen LogP contribution is -2.31. The van der Waals surface area contributed by atoms with Gasteiger partial charge in [-0.25, -0.2) is 0 Å². The summed E-state index contributed by atoms with van der Waals surface area (Å²) in [6.45, 7) is 24.1. The molecule has 2 N–H and O–H groups in total. The number of aromatic hydroxyl groups is 1. The Kier molecular flexibility index (Phi) is 20.0. The fourth-order valence-corrected chi connectivity index (χ4v) is 2.75. The molecule has 1 aliphatic carbocycles. The second-order valence-corrected chi connectivity index (χ2v) is 7.39. The molecule has 0 aromatic heterocycles. The van der Waals surface area contributed by atoms with E-state index in [1.165, 1.54) is 5.57 Å². The van der Waals surface area contributed by atoms with E-state index in [4.69, 9.17) is 0 Å². The molecule has 0 saturated heterocycles. The van der Waals surface area contributed by atoms with Crippen molar-refractivity contribution < 1.29 is 10.2 Å². The summed E-state index contributed by atoms with van der Waals surface area (Å²) in [6.07, 6.45) is 5.61. The summed E-state index contributed by atoms with van der Waals surface area (Å²) < 4.78 is 0. The number of hydrogen-bond acceptors (Lipinski definition) is 2. The molecule has 1 aliphatic rings. The molecule has 28 heavy (non-hydrogen) atoms. The molecule has 1 aromatic rings. The smallest absolute Gasteiger partial charge is 0.119 e. The molecular formula is C26H50O2. The fraction of sp³-hybridized carbons (Fsp3) is 0.692. The lowest BCUT2D eigenvalue weighted by atomic mass is 9.80. The molecular weight excluding hydrogens is 344 g/mol. The minimum absolute atomic E-state index is 0.399. The van der Waals surface area contributed by atoms with E-state index in [0.717, 1.165) is 30.4 Å². The Balaban J connectivity index is -0.000000352. The van der Waals surface area contributed by atoms with Crippen LogP contribution in [0.2, 0.25) is 0 Å². The van der Waals surface area contributed by atoms with Gasteiger partial charge in [0.25, 0.3) is 0 Å². The SMILES string of the molecule is CC.CC.CC.CC1=CCC(C(C)(C)O)CC1.Cc1ccc(C(C)C)c(O)c1. The van der Waals surface area contributed by atoms with E-state index in [2.05, 4.69) is 26.8 Å². The van der Waals surface area contributed by atoms with Crippen LogP contribution >= 0.6 is 0 Å². The van der Waals surface area contributed by atoms with Gasteiger partial charge < -0.3 is 10.2 Å². The molecule has 2 nitrogen and oxygen atoms in total. The van der Waals surface area contributed by atoms with Crippen molar-refractivity contribution in [1.82, 2.24) is 0 Å². The Morgan fingerprint density at radius 2 is 1.46 bits per heavy atom. The molecule has 0 spiro atoms. The predicted octanol–water partition coefficient (Wildman–Crippen LogP) is 8.41. The number of hydrogen-bond donors (Lipinski definition) is 2. The quantitative estimate of drug-likeness (QED) is 0.494. The van der Waals surface area contributed by atoms with Crippen molar-refractivity contribution in [3.8, 4) is 5.75 Å². The minimum atomic E-state index is -0.489. The monoisotopic (exact) mass is 394 g/mol. The third-order valence-electron chi connectivity index (χ3n) is 4.44. The first-order valence-electron chi connectivity index (χ1n) is 11.3. The molecule has 0 fully saturated rings. The Hall–Kier alpha value is -1.28. The maximum atomic E-state index is 9.70. The van der Waals surface area contributed by atoms with Crippen LogP contribution in [0.5, 0.6) is 5.75 Å². The van der Waals surface area contributed by atoms with Crippen molar-refractivity contribution >= 4 is 0 Å². The number of allylic oxidation sites excluding steroid dienone is 2. The normalized spacial score (nSPS) is 15.2. The van der Waals surface area contributed by atoms with Crippen LogP contribution < -0.4 is 0 Å². The van der Waals surface area contributed by atoms with Crippen LogP contribution in [0.25, 0.3) is 0 Å². The van der Waals surface area contributed by atoms with Gasteiger partial charge in [-0.1, -0.05) is 79.2 Å². The maximum Gasteiger partial charge on any atom is 0.119 e. The zero-order valence-corrected chi connectivity index (χ0v) is 21.0. The van der Waals surface area contributed by atoms with Crippen molar-refractivity contribution in [2.24, 2.45) is 5.92 Å². The molecule has 1 atom stereocenters. The van der Waals surface area contributed by atoms with Crippen LogP contribution in [0.3, 0.4) is 0 Å². The number of phenols is 1. The van der Waals surface area contributed by atoms with E-state index < -0.39 is 5.60 Å². The first-order valence-corrected chi connectivity index (χ1v) is 11.3. The number of aliphatic hydroxyl groups is 1. The van der Waals surface area contributed by atoms with Crippen LogP contribution in [-0.2, 0) is 0 Å². The summed E-state index contributed by atoms with van der Waals surface area (Å²) in [7, 11) is 0. The highest BCUT2D eigenvalue weighted by molar-refractivity contribution is 5.37. The van der Waals surface area contributed by atoms with Crippen LogP contribution in [-0.4, -0.2) is 15.8 Å². The topological polar surface area (TPSA) is 40.5 Å². The molecule has 2 rings (SSSR count). The molecule has 0 aliphatic heterocycles. The summed E-state index contributed by atoms with van der Waals surface area (Å²) >= 11 is 0. The number of rotatable bonds is 2. The Bertz CT molecular complexity index is 508. The molecule has 0 bridgehead atoms. The van der Waals surface area contributed by atoms with Gasteiger partial charge in [-0.15, -0.1) is 0 Å². The first-order chi connectivity index (χ1) is 13.1.